The predicted octanol–water partition coefficient (Wildman–Crippen LogP) is 3.36. The van der Waals surface area contributed by atoms with Crippen LogP contribution in [0.4, 0.5) is 13.2 Å². The number of sulfonamides is 1. The molecule has 2 aromatic carbocycles. The van der Waals surface area contributed by atoms with Gasteiger partial charge in [0.25, 0.3) is 0 Å². The Kier molecular flexibility index (Phi) is 5.88. The van der Waals surface area contributed by atoms with Crippen molar-refractivity contribution in [2.75, 3.05) is 13.1 Å². The molecule has 8 heteroatoms. The first-order valence-electron chi connectivity index (χ1n) is 8.71. The normalized spacial score (nSPS) is 16.6. The highest BCUT2D eigenvalue weighted by Crippen LogP contribution is 2.21. The van der Waals surface area contributed by atoms with E-state index in [4.69, 9.17) is 0 Å². The van der Waals surface area contributed by atoms with E-state index in [1.807, 2.05) is 6.92 Å². The summed E-state index contributed by atoms with van der Waals surface area (Å²) in [7, 11) is -3.52. The molecule has 0 saturated carbocycles. The van der Waals surface area contributed by atoms with Gasteiger partial charge in [-0.05, 0) is 49.6 Å². The van der Waals surface area contributed by atoms with Crippen LogP contribution < -0.4 is 5.32 Å². The summed E-state index contributed by atoms with van der Waals surface area (Å²) in [5.74, 6) is -3.91. The first-order valence-corrected chi connectivity index (χ1v) is 10.1. The summed E-state index contributed by atoms with van der Waals surface area (Å²) >= 11 is 0. The smallest absolute Gasteiger partial charge is 0.243 e. The van der Waals surface area contributed by atoms with Crippen LogP contribution in [0.1, 0.15) is 24.0 Å². The van der Waals surface area contributed by atoms with Crippen LogP contribution in [0, 0.1) is 24.4 Å². The Balaban J connectivity index is 1.57. The van der Waals surface area contributed by atoms with Crippen molar-refractivity contribution >= 4 is 10.0 Å². The maximum Gasteiger partial charge on any atom is 0.243 e. The van der Waals surface area contributed by atoms with Crippen LogP contribution in [-0.2, 0) is 16.6 Å². The lowest BCUT2D eigenvalue weighted by Crippen LogP contribution is -2.44. The van der Waals surface area contributed by atoms with Crippen LogP contribution >= 0.6 is 0 Å². The van der Waals surface area contributed by atoms with E-state index in [1.54, 1.807) is 24.3 Å². The third-order valence-corrected chi connectivity index (χ3v) is 6.66. The molecular formula is C19H21F3N2O2S. The van der Waals surface area contributed by atoms with Gasteiger partial charge in [0.1, 0.15) is 0 Å². The maximum absolute atomic E-state index is 13.3. The van der Waals surface area contributed by atoms with Gasteiger partial charge in [0.2, 0.25) is 10.0 Å². The highest BCUT2D eigenvalue weighted by molar-refractivity contribution is 7.89. The predicted molar refractivity (Wildman–Crippen MR) is 96.1 cm³/mol. The van der Waals surface area contributed by atoms with Crippen molar-refractivity contribution in [3.8, 4) is 0 Å². The molecule has 1 aliphatic heterocycles. The summed E-state index contributed by atoms with van der Waals surface area (Å²) in [6, 6.07) is 8.68. The lowest BCUT2D eigenvalue weighted by molar-refractivity contribution is 0.288. The van der Waals surface area contributed by atoms with Crippen LogP contribution in [0.2, 0.25) is 0 Å². The van der Waals surface area contributed by atoms with Crippen LogP contribution in [0.5, 0.6) is 0 Å². The molecule has 4 nitrogen and oxygen atoms in total. The van der Waals surface area contributed by atoms with Gasteiger partial charge in [-0.1, -0.05) is 17.7 Å². The average Bonchev–Trinajstić information content (AvgIpc) is 2.65. The van der Waals surface area contributed by atoms with E-state index in [9.17, 15) is 21.6 Å². The van der Waals surface area contributed by atoms with Crippen LogP contribution in [0.3, 0.4) is 0 Å². The van der Waals surface area contributed by atoms with Crippen molar-refractivity contribution in [1.82, 2.24) is 9.62 Å². The van der Waals surface area contributed by atoms with Crippen molar-refractivity contribution in [1.29, 1.82) is 0 Å². The number of piperidine rings is 1. The van der Waals surface area contributed by atoms with Crippen LogP contribution in [-0.4, -0.2) is 31.9 Å². The number of halogens is 3. The second-order valence-electron chi connectivity index (χ2n) is 6.75. The number of benzene rings is 2. The van der Waals surface area contributed by atoms with E-state index in [1.165, 1.54) is 4.31 Å². The summed E-state index contributed by atoms with van der Waals surface area (Å²) in [6.07, 6.45) is 1.16. The Hall–Kier alpha value is -1.90. The molecule has 2 aromatic rings. The van der Waals surface area contributed by atoms with Crippen molar-refractivity contribution in [2.45, 2.75) is 37.2 Å². The first kappa shape index (κ1) is 19.9. The molecule has 0 radical (unpaired) electrons. The molecule has 1 saturated heterocycles. The summed E-state index contributed by atoms with van der Waals surface area (Å²) in [4.78, 5) is 0.275. The topological polar surface area (TPSA) is 49.4 Å². The summed E-state index contributed by atoms with van der Waals surface area (Å²) in [5.41, 5.74) is 1.30. The van der Waals surface area contributed by atoms with Crippen molar-refractivity contribution in [2.24, 2.45) is 0 Å². The first-order chi connectivity index (χ1) is 12.8. The van der Waals surface area contributed by atoms with Crippen molar-refractivity contribution in [3.05, 3.63) is 65.0 Å². The zero-order chi connectivity index (χ0) is 19.6. The Morgan fingerprint density at radius 3 is 2.15 bits per heavy atom. The molecule has 1 N–H and O–H groups in total. The van der Waals surface area contributed by atoms with Gasteiger partial charge in [0.15, 0.2) is 17.5 Å². The highest BCUT2D eigenvalue weighted by atomic mass is 32.2. The van der Waals surface area contributed by atoms with Gasteiger partial charge in [-0.2, -0.15) is 4.31 Å². The summed E-state index contributed by atoms with van der Waals surface area (Å²) in [6.45, 7) is 2.80. The summed E-state index contributed by atoms with van der Waals surface area (Å²) < 4.78 is 66.3. The molecule has 3 rings (SSSR count). The molecule has 0 bridgehead atoms. The van der Waals surface area contributed by atoms with Gasteiger partial charge in [-0.15, -0.1) is 0 Å². The number of hydrogen-bond acceptors (Lipinski definition) is 3. The second kappa shape index (κ2) is 8.00. The number of aryl methyl sites for hydroxylation is 1. The lowest BCUT2D eigenvalue weighted by Gasteiger charge is -2.31. The third-order valence-electron chi connectivity index (χ3n) is 4.75. The molecule has 0 amide bonds. The quantitative estimate of drug-likeness (QED) is 0.786. The van der Waals surface area contributed by atoms with E-state index in [-0.39, 0.29) is 17.5 Å². The van der Waals surface area contributed by atoms with Gasteiger partial charge in [0, 0.05) is 25.7 Å². The molecule has 1 heterocycles. The zero-order valence-electron chi connectivity index (χ0n) is 14.9. The molecule has 0 aromatic heterocycles. The monoisotopic (exact) mass is 398 g/mol. The molecule has 1 aliphatic rings. The van der Waals surface area contributed by atoms with Gasteiger partial charge < -0.3 is 5.32 Å². The van der Waals surface area contributed by atoms with Crippen molar-refractivity contribution < 1.29 is 21.6 Å². The lowest BCUT2D eigenvalue weighted by atomic mass is 10.1. The number of nitrogens with zero attached hydrogens (tertiary/aromatic N) is 1. The molecule has 0 unspecified atom stereocenters. The minimum Gasteiger partial charge on any atom is -0.310 e. The molecule has 0 aliphatic carbocycles. The van der Waals surface area contributed by atoms with E-state index in [2.05, 4.69) is 5.32 Å². The fourth-order valence-electron chi connectivity index (χ4n) is 3.13. The van der Waals surface area contributed by atoms with Gasteiger partial charge in [0.05, 0.1) is 4.90 Å². The second-order valence-corrected chi connectivity index (χ2v) is 8.68. The fourth-order valence-corrected chi connectivity index (χ4v) is 4.60. The third kappa shape index (κ3) is 4.51. The minimum absolute atomic E-state index is 0.0191. The van der Waals surface area contributed by atoms with Crippen LogP contribution in [0.15, 0.2) is 41.3 Å². The van der Waals surface area contributed by atoms with Crippen LogP contribution in [0.25, 0.3) is 0 Å². The van der Waals surface area contributed by atoms with Crippen molar-refractivity contribution in [3.63, 3.8) is 0 Å². The highest BCUT2D eigenvalue weighted by Gasteiger charge is 2.29. The van der Waals surface area contributed by atoms with Gasteiger partial charge in [-0.25, -0.2) is 21.6 Å². The molecule has 0 atom stereocenters. The molecule has 27 heavy (non-hydrogen) atoms. The average molecular weight is 398 g/mol. The SMILES string of the molecule is Cc1ccc(S(=O)(=O)N2CCC(NCc3cc(F)c(F)c(F)c3)CC2)cc1. The Bertz CT molecular complexity index is 886. The molecule has 146 valence electrons. The van der Waals surface area contributed by atoms with E-state index in [0.717, 1.165) is 17.7 Å². The van der Waals surface area contributed by atoms with Gasteiger partial charge >= 0.3 is 0 Å². The van der Waals surface area contributed by atoms with E-state index >= 15 is 0 Å². The summed E-state index contributed by atoms with van der Waals surface area (Å²) in [5, 5.41) is 3.15. The molecule has 0 spiro atoms. The Morgan fingerprint density at radius 2 is 1.59 bits per heavy atom. The zero-order valence-corrected chi connectivity index (χ0v) is 15.7. The standard InChI is InChI=1S/C19H21F3N2O2S/c1-13-2-4-16(5-3-13)27(25,26)24-8-6-15(7-9-24)23-12-14-10-17(20)19(22)18(21)11-14/h2-5,10-11,15,23H,6-9,12H2,1H3. The van der Waals surface area contributed by atoms with E-state index in [0.29, 0.717) is 31.5 Å². The maximum atomic E-state index is 13.3. The molecular weight excluding hydrogens is 377 g/mol. The fraction of sp³-hybridized carbons (Fsp3) is 0.368. The van der Waals surface area contributed by atoms with Gasteiger partial charge in [-0.3, -0.25) is 0 Å². The number of nitrogens with one attached hydrogen (secondary N) is 1. The Morgan fingerprint density at radius 1 is 1.04 bits per heavy atom. The molecule has 1 fully saturated rings. The minimum atomic E-state index is -3.52. The largest absolute Gasteiger partial charge is 0.310 e. The van der Waals surface area contributed by atoms with E-state index < -0.39 is 27.5 Å². The number of hydrogen-bond donors (Lipinski definition) is 1. The Labute approximate surface area is 157 Å². The number of rotatable bonds is 5.